The van der Waals surface area contributed by atoms with Gasteiger partial charge in [0.1, 0.15) is 6.61 Å². The largest absolute Gasteiger partial charge is 0.493 e. The molecule has 4 aromatic carbocycles. The van der Waals surface area contributed by atoms with Crippen molar-refractivity contribution in [1.82, 2.24) is 5.43 Å². The number of aliphatic hydroxyl groups excluding tert-OH is 1. The molecule has 2 N–H and O–H groups in total. The van der Waals surface area contributed by atoms with Crippen molar-refractivity contribution >= 4 is 22.9 Å². The van der Waals surface area contributed by atoms with E-state index in [9.17, 15) is 9.90 Å². The Labute approximate surface area is 192 Å². The highest BCUT2D eigenvalue weighted by Crippen LogP contribution is 2.29. The lowest BCUT2D eigenvalue weighted by Gasteiger charge is -2.13. The van der Waals surface area contributed by atoms with E-state index >= 15 is 0 Å². The molecule has 0 spiro atoms. The summed E-state index contributed by atoms with van der Waals surface area (Å²) >= 11 is 0. The second-order valence-electron chi connectivity index (χ2n) is 7.38. The zero-order chi connectivity index (χ0) is 23.0. The van der Waals surface area contributed by atoms with Gasteiger partial charge in [0, 0.05) is 0 Å². The number of hydrogen-bond acceptors (Lipinski definition) is 5. The summed E-state index contributed by atoms with van der Waals surface area (Å²) in [5, 5.41) is 16.4. The number of carbonyl (C=O) groups excluding carboxylic acids is 1. The van der Waals surface area contributed by atoms with Crippen LogP contribution in [-0.2, 0) is 11.4 Å². The standard InChI is InChI=1S/C27H24N2O4/c1-32-25-16-19(17-28-29-27(31)26(30)21-9-3-2-4-10-21)14-15-24(25)33-18-22-12-7-11-20-8-5-6-13-23(20)22/h2-17,26,30H,18H2,1H3,(H,29,31)/b28-17-/t26-/m0/s1. The maximum Gasteiger partial charge on any atom is 0.273 e. The lowest BCUT2D eigenvalue weighted by Crippen LogP contribution is -2.25. The van der Waals surface area contributed by atoms with Crippen molar-refractivity contribution in [2.75, 3.05) is 7.11 Å². The summed E-state index contributed by atoms with van der Waals surface area (Å²) in [6.07, 6.45) is 0.190. The Hall–Kier alpha value is -4.16. The van der Waals surface area contributed by atoms with Gasteiger partial charge >= 0.3 is 0 Å². The summed E-state index contributed by atoms with van der Waals surface area (Å²) in [7, 11) is 1.57. The molecule has 0 aliphatic carbocycles. The molecule has 1 amide bonds. The second kappa shape index (κ2) is 10.4. The van der Waals surface area contributed by atoms with Crippen LogP contribution in [0, 0.1) is 0 Å². The minimum Gasteiger partial charge on any atom is -0.493 e. The fourth-order valence-electron chi connectivity index (χ4n) is 3.48. The Morgan fingerprint density at radius 2 is 1.73 bits per heavy atom. The number of benzene rings is 4. The molecule has 0 saturated carbocycles. The van der Waals surface area contributed by atoms with Crippen molar-refractivity contribution in [3.05, 3.63) is 108 Å². The minimum atomic E-state index is -1.29. The molecule has 0 aromatic heterocycles. The Kier molecular flexibility index (Phi) is 6.97. The molecule has 0 saturated heterocycles. The van der Waals surface area contributed by atoms with Crippen LogP contribution in [0.2, 0.25) is 0 Å². The fraction of sp³-hybridized carbons (Fsp3) is 0.111. The van der Waals surface area contributed by atoms with Gasteiger partial charge in [-0.1, -0.05) is 72.8 Å². The summed E-state index contributed by atoms with van der Waals surface area (Å²) in [6.45, 7) is 0.401. The molecule has 166 valence electrons. The van der Waals surface area contributed by atoms with Crippen LogP contribution >= 0.6 is 0 Å². The molecule has 4 aromatic rings. The molecule has 0 unspecified atom stereocenters. The van der Waals surface area contributed by atoms with Crippen LogP contribution in [0.4, 0.5) is 0 Å². The van der Waals surface area contributed by atoms with Gasteiger partial charge in [0.25, 0.3) is 5.91 Å². The number of hydrogen-bond donors (Lipinski definition) is 2. The smallest absolute Gasteiger partial charge is 0.273 e. The van der Waals surface area contributed by atoms with Crippen molar-refractivity contribution in [2.45, 2.75) is 12.7 Å². The Morgan fingerprint density at radius 3 is 2.55 bits per heavy atom. The van der Waals surface area contributed by atoms with E-state index in [0.29, 0.717) is 29.2 Å². The maximum atomic E-state index is 12.1. The molecular formula is C27H24N2O4. The van der Waals surface area contributed by atoms with Crippen molar-refractivity contribution in [3.63, 3.8) is 0 Å². The van der Waals surface area contributed by atoms with Gasteiger partial charge in [0.15, 0.2) is 17.6 Å². The number of rotatable bonds is 8. The molecule has 6 nitrogen and oxygen atoms in total. The quantitative estimate of drug-likeness (QED) is 0.310. The minimum absolute atomic E-state index is 0.401. The molecule has 6 heteroatoms. The number of nitrogens with zero attached hydrogens (tertiary/aromatic N) is 1. The average Bonchev–Trinajstić information content (AvgIpc) is 2.87. The SMILES string of the molecule is COc1cc(/C=N\NC(=O)[C@@H](O)c2ccccc2)ccc1OCc1cccc2ccccc12. The van der Waals surface area contributed by atoms with Crippen molar-refractivity contribution in [1.29, 1.82) is 0 Å². The zero-order valence-electron chi connectivity index (χ0n) is 18.1. The third kappa shape index (κ3) is 5.37. The van der Waals surface area contributed by atoms with E-state index in [1.807, 2.05) is 36.4 Å². The first-order valence-electron chi connectivity index (χ1n) is 10.5. The monoisotopic (exact) mass is 440 g/mol. The first-order chi connectivity index (χ1) is 16.2. The van der Waals surface area contributed by atoms with Crippen LogP contribution in [0.3, 0.4) is 0 Å². The zero-order valence-corrected chi connectivity index (χ0v) is 18.1. The number of nitrogens with one attached hydrogen (secondary N) is 1. The molecule has 0 aliphatic heterocycles. The highest BCUT2D eigenvalue weighted by molar-refractivity contribution is 5.86. The van der Waals surface area contributed by atoms with E-state index in [1.54, 1.807) is 43.5 Å². The number of carbonyl (C=O) groups is 1. The normalized spacial score (nSPS) is 11.9. The predicted molar refractivity (Wildman–Crippen MR) is 128 cm³/mol. The first-order valence-corrected chi connectivity index (χ1v) is 10.5. The van der Waals surface area contributed by atoms with Gasteiger partial charge in [-0.3, -0.25) is 4.79 Å². The molecule has 0 fully saturated rings. The van der Waals surface area contributed by atoms with E-state index in [2.05, 4.69) is 28.7 Å². The van der Waals surface area contributed by atoms with Crippen molar-refractivity contribution in [2.24, 2.45) is 5.10 Å². The van der Waals surface area contributed by atoms with E-state index in [4.69, 9.17) is 9.47 Å². The van der Waals surface area contributed by atoms with Crippen LogP contribution in [-0.4, -0.2) is 24.3 Å². The molecule has 4 rings (SSSR count). The van der Waals surface area contributed by atoms with Gasteiger partial charge in [-0.05, 0) is 45.7 Å². The van der Waals surface area contributed by atoms with Crippen LogP contribution < -0.4 is 14.9 Å². The van der Waals surface area contributed by atoms with Gasteiger partial charge in [-0.25, -0.2) is 5.43 Å². The summed E-state index contributed by atoms with van der Waals surface area (Å²) in [6, 6.07) is 28.4. The molecule has 0 bridgehead atoms. The van der Waals surface area contributed by atoms with E-state index in [-0.39, 0.29) is 0 Å². The van der Waals surface area contributed by atoms with Gasteiger partial charge < -0.3 is 14.6 Å². The molecule has 33 heavy (non-hydrogen) atoms. The van der Waals surface area contributed by atoms with E-state index in [1.165, 1.54) is 6.21 Å². The van der Waals surface area contributed by atoms with E-state index in [0.717, 1.165) is 16.3 Å². The average molecular weight is 440 g/mol. The maximum absolute atomic E-state index is 12.1. The molecule has 1 atom stereocenters. The third-order valence-electron chi connectivity index (χ3n) is 5.20. The van der Waals surface area contributed by atoms with Crippen LogP contribution in [0.1, 0.15) is 22.8 Å². The van der Waals surface area contributed by atoms with Crippen LogP contribution in [0.5, 0.6) is 11.5 Å². The summed E-state index contributed by atoms with van der Waals surface area (Å²) in [5.74, 6) is 0.542. The van der Waals surface area contributed by atoms with E-state index < -0.39 is 12.0 Å². The Morgan fingerprint density at radius 1 is 0.970 bits per heavy atom. The number of ether oxygens (including phenoxy) is 2. The second-order valence-corrected chi connectivity index (χ2v) is 7.38. The Bertz CT molecular complexity index is 1270. The van der Waals surface area contributed by atoms with Gasteiger partial charge in [-0.15, -0.1) is 0 Å². The molecular weight excluding hydrogens is 416 g/mol. The van der Waals surface area contributed by atoms with Crippen LogP contribution in [0.15, 0.2) is 96.1 Å². The third-order valence-corrected chi connectivity index (χ3v) is 5.20. The number of hydrazone groups is 1. The summed E-state index contributed by atoms with van der Waals surface area (Å²) < 4.78 is 11.5. The molecule has 0 radical (unpaired) electrons. The number of fused-ring (bicyclic) bond motifs is 1. The Balaban J connectivity index is 1.40. The van der Waals surface area contributed by atoms with Crippen molar-refractivity contribution < 1.29 is 19.4 Å². The van der Waals surface area contributed by atoms with Gasteiger partial charge in [0.05, 0.1) is 13.3 Å². The molecule has 0 aliphatic rings. The lowest BCUT2D eigenvalue weighted by molar-refractivity contribution is -0.129. The highest BCUT2D eigenvalue weighted by atomic mass is 16.5. The van der Waals surface area contributed by atoms with Gasteiger partial charge in [-0.2, -0.15) is 5.10 Å². The first kappa shape index (κ1) is 22.0. The fourth-order valence-corrected chi connectivity index (χ4v) is 3.48. The summed E-state index contributed by atoms with van der Waals surface area (Å²) in [4.78, 5) is 12.1. The summed E-state index contributed by atoms with van der Waals surface area (Å²) in [5.41, 5.74) is 4.64. The number of methoxy groups -OCH3 is 1. The van der Waals surface area contributed by atoms with Crippen molar-refractivity contribution in [3.8, 4) is 11.5 Å². The van der Waals surface area contributed by atoms with Crippen LogP contribution in [0.25, 0.3) is 10.8 Å². The topological polar surface area (TPSA) is 80.2 Å². The number of aliphatic hydroxyl groups is 1. The highest BCUT2D eigenvalue weighted by Gasteiger charge is 2.16. The lowest BCUT2D eigenvalue weighted by atomic mass is 10.1. The molecule has 0 heterocycles. The van der Waals surface area contributed by atoms with Gasteiger partial charge in [0.2, 0.25) is 0 Å². The number of amides is 1. The predicted octanol–water partition coefficient (Wildman–Crippen LogP) is 4.61.